The van der Waals surface area contributed by atoms with E-state index in [-0.39, 0.29) is 0 Å². The Morgan fingerprint density at radius 3 is 1.07 bits per heavy atom. The fraction of sp³-hybridized carbons (Fsp3) is 1.00. The van der Waals surface area contributed by atoms with Crippen LogP contribution in [0.1, 0.15) is 0 Å². The number of aliphatic hydroxyl groups is 2. The van der Waals surface area contributed by atoms with Crippen molar-refractivity contribution in [3.8, 4) is 0 Å². The summed E-state index contributed by atoms with van der Waals surface area (Å²) in [6.07, 6.45) is -8.09. The first kappa shape index (κ1) is 18.8. The molecular weight excluding hydrogens is 237 g/mol. The molecule has 92 valence electrons. The van der Waals surface area contributed by atoms with Gasteiger partial charge < -0.3 is 20.6 Å². The lowest BCUT2D eigenvalue weighted by Crippen LogP contribution is -2.27. The number of nitrogens with zero attached hydrogens (tertiary/aromatic N) is 2. The van der Waals surface area contributed by atoms with Crippen LogP contribution in [-0.4, -0.2) is 43.3 Å². The predicted octanol–water partition coefficient (Wildman–Crippen LogP) is -0.836. The maximum Gasteiger partial charge on any atom is 0.439 e. The Morgan fingerprint density at radius 1 is 1.00 bits per heavy atom. The van der Waals surface area contributed by atoms with Crippen LogP contribution in [0.5, 0.6) is 0 Å². The van der Waals surface area contributed by atoms with E-state index >= 15 is 0 Å². The van der Waals surface area contributed by atoms with E-state index in [2.05, 4.69) is 0 Å². The molecule has 0 aliphatic rings. The topological polar surface area (TPSA) is 167 Å². The second-order valence-electron chi connectivity index (χ2n) is 1.39. The van der Waals surface area contributed by atoms with Crippen molar-refractivity contribution in [2.24, 2.45) is 0 Å². The van der Waals surface area contributed by atoms with Crippen LogP contribution < -0.4 is 0 Å². The van der Waals surface area contributed by atoms with Gasteiger partial charge in [0.1, 0.15) is 0 Å². The second kappa shape index (κ2) is 8.70. The number of aliphatic hydroxyl groups excluding tert-OH is 1. The summed E-state index contributed by atoms with van der Waals surface area (Å²) in [5.74, 6) is 0. The van der Waals surface area contributed by atoms with Gasteiger partial charge in [0.15, 0.2) is 0 Å². The molecular formula is C2H5F3N2O8. The fourth-order valence-corrected chi connectivity index (χ4v) is 0. The third-order valence-electron chi connectivity index (χ3n) is 0.293. The van der Waals surface area contributed by atoms with Gasteiger partial charge in [-0.2, -0.15) is 13.2 Å². The van der Waals surface area contributed by atoms with E-state index in [1.807, 2.05) is 0 Å². The molecule has 0 radical (unpaired) electrons. The Kier molecular flexibility index (Phi) is 10.9. The minimum atomic E-state index is -4.89. The molecule has 15 heavy (non-hydrogen) atoms. The summed E-state index contributed by atoms with van der Waals surface area (Å²) in [5, 5.41) is 41.9. The second-order valence-corrected chi connectivity index (χ2v) is 1.39. The molecule has 0 aromatic heterocycles. The molecule has 0 bridgehead atoms. The number of hydrogen-bond donors (Lipinski definition) is 4. The first-order valence-electron chi connectivity index (χ1n) is 2.50. The smallest absolute Gasteiger partial charge is 0.361 e. The van der Waals surface area contributed by atoms with Crippen LogP contribution in [0.2, 0.25) is 0 Å². The number of halogens is 3. The van der Waals surface area contributed by atoms with Gasteiger partial charge in [-0.15, -0.1) is 20.2 Å². The van der Waals surface area contributed by atoms with Gasteiger partial charge in [-0.05, 0) is 0 Å². The van der Waals surface area contributed by atoms with Crippen molar-refractivity contribution < 1.29 is 44.0 Å². The maximum absolute atomic E-state index is 10.7. The summed E-state index contributed by atoms with van der Waals surface area (Å²) in [4.78, 5) is 16.7. The monoisotopic (exact) mass is 242 g/mol. The maximum atomic E-state index is 10.7. The van der Waals surface area contributed by atoms with Crippen molar-refractivity contribution >= 4 is 0 Å². The molecule has 0 spiro atoms. The lowest BCUT2D eigenvalue weighted by atomic mass is 10.6. The van der Waals surface area contributed by atoms with Crippen molar-refractivity contribution in [2.75, 3.05) is 0 Å². The standard InChI is InChI=1S/C2H3F3O2.2HNO3/c3-2(4,5)1(6)7;2*2-1(3)4/h1,6-7H;2*(H,2,3,4). The first-order valence-corrected chi connectivity index (χ1v) is 2.50. The van der Waals surface area contributed by atoms with E-state index in [9.17, 15) is 13.2 Å². The minimum Gasteiger partial charge on any atom is -0.361 e. The van der Waals surface area contributed by atoms with Crippen LogP contribution >= 0.6 is 0 Å². The van der Waals surface area contributed by atoms with Gasteiger partial charge in [-0.3, -0.25) is 0 Å². The highest BCUT2D eigenvalue weighted by molar-refractivity contribution is 4.47. The summed E-state index contributed by atoms with van der Waals surface area (Å²) in [6, 6.07) is 0. The van der Waals surface area contributed by atoms with Crippen LogP contribution in [0.25, 0.3) is 0 Å². The van der Waals surface area contributed by atoms with E-state index in [1.54, 1.807) is 0 Å². The first-order chi connectivity index (χ1) is 6.41. The Labute approximate surface area is 78.0 Å². The van der Waals surface area contributed by atoms with Crippen molar-refractivity contribution in [1.29, 1.82) is 0 Å². The Morgan fingerprint density at radius 2 is 1.07 bits per heavy atom. The SMILES string of the molecule is O=[N+]([O-])O.O=[N+]([O-])O.OC(O)C(F)(F)F. The van der Waals surface area contributed by atoms with Gasteiger partial charge >= 0.3 is 6.18 Å². The summed E-state index contributed by atoms with van der Waals surface area (Å²) in [7, 11) is 0. The zero-order valence-corrected chi connectivity index (χ0v) is 6.53. The number of hydrogen-bond acceptors (Lipinski definition) is 6. The van der Waals surface area contributed by atoms with Crippen LogP contribution in [0, 0.1) is 20.2 Å². The number of alkyl halides is 3. The average Bonchev–Trinajstić information content (AvgIpc) is 1.80. The molecule has 0 amide bonds. The van der Waals surface area contributed by atoms with Crippen molar-refractivity contribution in [3.63, 3.8) is 0 Å². The third-order valence-corrected chi connectivity index (χ3v) is 0.293. The Balaban J connectivity index is -0.000000155. The molecule has 0 unspecified atom stereocenters. The molecule has 0 saturated carbocycles. The van der Waals surface area contributed by atoms with Crippen molar-refractivity contribution in [1.82, 2.24) is 0 Å². The highest BCUT2D eigenvalue weighted by atomic mass is 19.4. The van der Waals surface area contributed by atoms with E-state index < -0.39 is 22.6 Å². The minimum absolute atomic E-state index is 1.50. The summed E-state index contributed by atoms with van der Waals surface area (Å²) < 4.78 is 32.0. The van der Waals surface area contributed by atoms with Crippen LogP contribution in [-0.2, 0) is 0 Å². The van der Waals surface area contributed by atoms with Crippen LogP contribution in [0.15, 0.2) is 0 Å². The molecule has 0 aliphatic carbocycles. The zero-order valence-electron chi connectivity index (χ0n) is 6.53. The lowest BCUT2D eigenvalue weighted by Gasteiger charge is -2.05. The van der Waals surface area contributed by atoms with Crippen molar-refractivity contribution in [2.45, 2.75) is 12.5 Å². The fourth-order valence-electron chi connectivity index (χ4n) is 0. The number of rotatable bonds is 0. The summed E-state index contributed by atoms with van der Waals surface area (Å²) in [6.45, 7) is 0. The highest BCUT2D eigenvalue weighted by Gasteiger charge is 2.36. The van der Waals surface area contributed by atoms with E-state index in [1.165, 1.54) is 0 Å². The normalized spacial score (nSPS) is 9.20. The molecule has 4 N–H and O–H groups in total. The van der Waals surface area contributed by atoms with Gasteiger partial charge in [0.05, 0.1) is 0 Å². The molecule has 10 nitrogen and oxygen atoms in total. The lowest BCUT2D eigenvalue weighted by molar-refractivity contribution is -0.742. The largest absolute Gasteiger partial charge is 0.439 e. The van der Waals surface area contributed by atoms with E-state index in [0.29, 0.717) is 0 Å². The molecule has 0 aromatic rings. The summed E-state index contributed by atoms with van der Waals surface area (Å²) in [5.41, 5.74) is 0. The predicted molar refractivity (Wildman–Crippen MR) is 31.8 cm³/mol. The van der Waals surface area contributed by atoms with Crippen LogP contribution in [0.4, 0.5) is 13.2 Å². The van der Waals surface area contributed by atoms with Gasteiger partial charge in [0.25, 0.3) is 16.5 Å². The molecule has 13 heteroatoms. The van der Waals surface area contributed by atoms with Gasteiger partial charge in [0.2, 0.25) is 0 Å². The van der Waals surface area contributed by atoms with E-state index in [4.69, 9.17) is 40.9 Å². The van der Waals surface area contributed by atoms with Gasteiger partial charge in [-0.25, -0.2) is 0 Å². The summed E-state index contributed by atoms with van der Waals surface area (Å²) >= 11 is 0. The zero-order chi connectivity index (χ0) is 13.2. The quantitative estimate of drug-likeness (QED) is 0.242. The third kappa shape index (κ3) is 73.3. The van der Waals surface area contributed by atoms with Crippen LogP contribution in [0.3, 0.4) is 0 Å². The Hall–Kier alpha value is -1.89. The molecule has 0 atom stereocenters. The van der Waals surface area contributed by atoms with Gasteiger partial charge in [-0.1, -0.05) is 0 Å². The molecule has 0 aromatic carbocycles. The molecule has 0 aliphatic heterocycles. The molecule has 0 saturated heterocycles. The average molecular weight is 242 g/mol. The molecule has 0 fully saturated rings. The van der Waals surface area contributed by atoms with Crippen molar-refractivity contribution in [3.05, 3.63) is 20.2 Å². The molecule has 0 heterocycles. The van der Waals surface area contributed by atoms with E-state index in [0.717, 1.165) is 0 Å². The molecule has 0 rings (SSSR count). The highest BCUT2D eigenvalue weighted by Crippen LogP contribution is 2.16. The van der Waals surface area contributed by atoms with Gasteiger partial charge in [0, 0.05) is 0 Å². The Bertz CT molecular complexity index is 171.